The van der Waals surface area contributed by atoms with Crippen LogP contribution in [-0.4, -0.2) is 35.7 Å². The van der Waals surface area contributed by atoms with Crippen LogP contribution in [0.4, 0.5) is 5.00 Å². The van der Waals surface area contributed by atoms with Crippen molar-refractivity contribution >= 4 is 57.7 Å². The van der Waals surface area contributed by atoms with Gasteiger partial charge in [0.1, 0.15) is 10.6 Å². The van der Waals surface area contributed by atoms with Gasteiger partial charge in [-0.2, -0.15) is 0 Å². The Morgan fingerprint density at radius 3 is 2.56 bits per heavy atom. The molecule has 0 atom stereocenters. The van der Waals surface area contributed by atoms with Crippen molar-refractivity contribution in [1.29, 1.82) is 0 Å². The van der Waals surface area contributed by atoms with Crippen LogP contribution in [0.3, 0.4) is 0 Å². The molecule has 1 aromatic heterocycles. The van der Waals surface area contributed by atoms with E-state index in [0.29, 0.717) is 16.1 Å². The summed E-state index contributed by atoms with van der Waals surface area (Å²) in [6, 6.07) is 9.36. The highest BCUT2D eigenvalue weighted by molar-refractivity contribution is 7.80. The number of hydrogen-bond acceptors (Lipinski definition) is 7. The van der Waals surface area contributed by atoms with Gasteiger partial charge in [0, 0.05) is 17.2 Å². The highest BCUT2D eigenvalue weighted by atomic mass is 32.1. The summed E-state index contributed by atoms with van der Waals surface area (Å²) in [6.45, 7) is 1.94. The topological polar surface area (TPSA) is 96.9 Å². The molecule has 2 heterocycles. The zero-order valence-electron chi connectivity index (χ0n) is 14.2. The lowest BCUT2D eigenvalue weighted by molar-refractivity contribution is -0.131. The lowest BCUT2D eigenvalue weighted by Crippen LogP contribution is -2.56. The van der Waals surface area contributed by atoms with E-state index >= 15 is 0 Å². The van der Waals surface area contributed by atoms with Crippen molar-refractivity contribution in [3.05, 3.63) is 41.3 Å². The summed E-state index contributed by atoms with van der Waals surface area (Å²) in [6.07, 6.45) is 1.20. The maximum atomic E-state index is 12.5. The lowest BCUT2D eigenvalue weighted by Gasteiger charge is -2.19. The molecule has 1 aliphatic rings. The number of aliphatic imine (C=N–C) groups is 1. The summed E-state index contributed by atoms with van der Waals surface area (Å²) in [5.41, 5.74) is 1.83. The van der Waals surface area contributed by atoms with E-state index in [9.17, 15) is 14.4 Å². The van der Waals surface area contributed by atoms with E-state index in [-0.39, 0.29) is 11.7 Å². The number of rotatable bonds is 5. The number of carbonyl (C=O) groups excluding carboxylic acids is 3. The Kier molecular flexibility index (Phi) is 5.72. The number of nitrogens with one attached hydrogen (secondary N) is 2. The number of thiocarbonyl (C=S) groups is 1. The smallest absolute Gasteiger partial charge is 0.341 e. The van der Waals surface area contributed by atoms with Crippen molar-refractivity contribution in [3.8, 4) is 11.1 Å². The second-order valence-electron chi connectivity index (χ2n) is 5.48. The maximum Gasteiger partial charge on any atom is 0.341 e. The minimum Gasteiger partial charge on any atom is -0.462 e. The summed E-state index contributed by atoms with van der Waals surface area (Å²) >= 11 is 5.99. The molecule has 3 rings (SSSR count). The highest BCUT2D eigenvalue weighted by Gasteiger charge is 2.31. The number of thiophene rings is 1. The second-order valence-corrected chi connectivity index (χ2v) is 6.75. The number of esters is 1. The molecular weight excluding hydrogens is 386 g/mol. The molecule has 2 amide bonds. The molecule has 0 saturated carbocycles. The van der Waals surface area contributed by atoms with Crippen molar-refractivity contribution in [1.82, 2.24) is 10.6 Å². The molecule has 1 aliphatic heterocycles. The van der Waals surface area contributed by atoms with Gasteiger partial charge in [0.25, 0.3) is 0 Å². The minimum absolute atomic E-state index is 0.0376. The fourth-order valence-electron chi connectivity index (χ4n) is 2.48. The average Bonchev–Trinajstić information content (AvgIpc) is 3.06. The lowest BCUT2D eigenvalue weighted by atomic mass is 10.0. The van der Waals surface area contributed by atoms with E-state index in [1.54, 1.807) is 12.3 Å². The summed E-state index contributed by atoms with van der Waals surface area (Å²) < 4.78 is 5.16. The van der Waals surface area contributed by atoms with Crippen LogP contribution in [0.5, 0.6) is 0 Å². The molecule has 138 valence electrons. The zero-order valence-corrected chi connectivity index (χ0v) is 15.9. The molecule has 0 spiro atoms. The molecule has 1 aromatic carbocycles. The summed E-state index contributed by atoms with van der Waals surface area (Å²) in [5.74, 6) is -2.77. The number of carbonyl (C=O) groups is 3. The number of hydrogen-bond donors (Lipinski definition) is 2. The molecular formula is C18H15N3O4S2. The van der Waals surface area contributed by atoms with Crippen LogP contribution < -0.4 is 10.6 Å². The summed E-state index contributed by atoms with van der Waals surface area (Å²) in [5, 5.41) is 6.85. The van der Waals surface area contributed by atoms with Gasteiger partial charge in [-0.1, -0.05) is 30.3 Å². The van der Waals surface area contributed by atoms with E-state index in [0.717, 1.165) is 5.56 Å². The molecule has 0 unspecified atom stereocenters. The first-order chi connectivity index (χ1) is 13.0. The van der Waals surface area contributed by atoms with Crippen molar-refractivity contribution in [2.75, 3.05) is 6.61 Å². The molecule has 7 nitrogen and oxygen atoms in total. The fourth-order valence-corrected chi connectivity index (χ4v) is 3.60. The third-order valence-corrected chi connectivity index (χ3v) is 4.81. The van der Waals surface area contributed by atoms with E-state index in [1.165, 1.54) is 17.6 Å². The van der Waals surface area contributed by atoms with E-state index in [4.69, 9.17) is 17.0 Å². The van der Waals surface area contributed by atoms with Crippen molar-refractivity contribution in [2.45, 2.75) is 6.92 Å². The molecule has 2 N–H and O–H groups in total. The first-order valence-corrected chi connectivity index (χ1v) is 9.34. The van der Waals surface area contributed by atoms with Crippen LogP contribution in [0.15, 0.2) is 40.7 Å². The first-order valence-electron chi connectivity index (χ1n) is 8.05. The molecule has 0 radical (unpaired) electrons. The third-order valence-electron chi connectivity index (χ3n) is 3.72. The Bertz CT molecular complexity index is 917. The molecule has 0 bridgehead atoms. The normalized spacial score (nSPS) is 14.9. The zero-order chi connectivity index (χ0) is 19.4. The van der Waals surface area contributed by atoms with Crippen LogP contribution in [0.2, 0.25) is 0 Å². The second kappa shape index (κ2) is 8.19. The average molecular weight is 401 g/mol. The molecule has 2 aromatic rings. The highest BCUT2D eigenvalue weighted by Crippen LogP contribution is 2.38. The minimum atomic E-state index is -1.13. The van der Waals surface area contributed by atoms with Crippen LogP contribution in [0.1, 0.15) is 17.3 Å². The van der Waals surface area contributed by atoms with Gasteiger partial charge >= 0.3 is 5.97 Å². The number of benzene rings is 1. The standard InChI is InChI=1S/C18H15N3O4S2/c1-2-25-17(24)13-12(10-6-4-3-5-7-10)9-27-16(13)19-8-11-14(22)20-18(26)21-15(11)23/h3-9,11H,2H2,1H3,(H2,20,21,22,23,26). The van der Waals surface area contributed by atoms with E-state index < -0.39 is 23.7 Å². The van der Waals surface area contributed by atoms with Gasteiger partial charge in [-0.25, -0.2) is 9.79 Å². The molecule has 9 heteroatoms. The number of nitrogens with zero attached hydrogens (tertiary/aromatic N) is 1. The van der Waals surface area contributed by atoms with Gasteiger partial charge in [0.05, 0.1) is 6.61 Å². The van der Waals surface area contributed by atoms with Crippen LogP contribution >= 0.6 is 23.6 Å². The number of amides is 2. The largest absolute Gasteiger partial charge is 0.462 e. The summed E-state index contributed by atoms with van der Waals surface area (Å²) in [4.78, 5) is 40.6. The predicted octanol–water partition coefficient (Wildman–Crippen LogP) is 2.44. The fraction of sp³-hybridized carbons (Fsp3) is 0.167. The Balaban J connectivity index is 1.97. The number of ether oxygens (including phenoxy) is 1. The predicted molar refractivity (Wildman–Crippen MR) is 106 cm³/mol. The first kappa shape index (κ1) is 18.9. The van der Waals surface area contributed by atoms with Crippen LogP contribution in [0, 0.1) is 5.92 Å². The SMILES string of the molecule is CCOC(=O)c1c(-c2ccccc2)csc1N=CC1C(=O)NC(=S)NC1=O. The molecule has 1 fully saturated rings. The molecule has 0 aliphatic carbocycles. The van der Waals surface area contributed by atoms with Gasteiger partial charge in [-0.3, -0.25) is 9.59 Å². The Hall–Kier alpha value is -2.91. The van der Waals surface area contributed by atoms with E-state index in [2.05, 4.69) is 15.6 Å². The molecule has 1 saturated heterocycles. The van der Waals surface area contributed by atoms with Crippen molar-refractivity contribution in [3.63, 3.8) is 0 Å². The van der Waals surface area contributed by atoms with Crippen LogP contribution in [0.25, 0.3) is 11.1 Å². The third kappa shape index (κ3) is 4.09. The Labute approximate surface area is 164 Å². The van der Waals surface area contributed by atoms with Gasteiger partial charge in [-0.15, -0.1) is 11.3 Å². The molecule has 27 heavy (non-hydrogen) atoms. The van der Waals surface area contributed by atoms with Crippen molar-refractivity contribution in [2.24, 2.45) is 10.9 Å². The van der Waals surface area contributed by atoms with E-state index in [1.807, 2.05) is 30.3 Å². The Morgan fingerprint density at radius 2 is 1.93 bits per heavy atom. The van der Waals surface area contributed by atoms with Gasteiger partial charge in [0.2, 0.25) is 11.8 Å². The van der Waals surface area contributed by atoms with Gasteiger partial charge in [0.15, 0.2) is 11.0 Å². The quantitative estimate of drug-likeness (QED) is 0.347. The maximum absolute atomic E-state index is 12.5. The monoisotopic (exact) mass is 401 g/mol. The van der Waals surface area contributed by atoms with Gasteiger partial charge in [-0.05, 0) is 24.7 Å². The van der Waals surface area contributed by atoms with Gasteiger partial charge < -0.3 is 15.4 Å². The Morgan fingerprint density at radius 1 is 1.26 bits per heavy atom. The summed E-state index contributed by atoms with van der Waals surface area (Å²) in [7, 11) is 0. The van der Waals surface area contributed by atoms with Crippen LogP contribution in [-0.2, 0) is 14.3 Å². The van der Waals surface area contributed by atoms with Crippen molar-refractivity contribution < 1.29 is 19.1 Å².